The zero-order valence-corrected chi connectivity index (χ0v) is 18.2. The summed E-state index contributed by atoms with van der Waals surface area (Å²) in [6, 6.07) is 6.13. The maximum absolute atomic E-state index is 13.2. The van der Waals surface area contributed by atoms with Gasteiger partial charge < -0.3 is 19.1 Å². The van der Waals surface area contributed by atoms with E-state index in [0.717, 1.165) is 36.1 Å². The summed E-state index contributed by atoms with van der Waals surface area (Å²) >= 11 is 0. The summed E-state index contributed by atoms with van der Waals surface area (Å²) in [5, 5.41) is 1.04. The van der Waals surface area contributed by atoms with Crippen LogP contribution >= 0.6 is 0 Å². The Labute approximate surface area is 178 Å². The number of nitrogens with zero attached hydrogens (tertiary/aromatic N) is 4. The van der Waals surface area contributed by atoms with Gasteiger partial charge in [-0.15, -0.1) is 0 Å². The van der Waals surface area contributed by atoms with Crippen molar-refractivity contribution in [3.05, 3.63) is 30.1 Å². The van der Waals surface area contributed by atoms with Crippen molar-refractivity contribution in [2.24, 2.45) is 0 Å². The fourth-order valence-electron chi connectivity index (χ4n) is 4.90. The predicted molar refractivity (Wildman–Crippen MR) is 115 cm³/mol. The van der Waals surface area contributed by atoms with Crippen molar-refractivity contribution in [1.82, 2.24) is 19.4 Å². The number of morpholine rings is 1. The molecule has 2 amide bonds. The van der Waals surface area contributed by atoms with Gasteiger partial charge in [0.2, 0.25) is 11.8 Å². The Balaban J connectivity index is 1.62. The molecule has 4 heterocycles. The highest BCUT2D eigenvalue weighted by Crippen LogP contribution is 2.31. The zero-order valence-electron chi connectivity index (χ0n) is 18.2. The summed E-state index contributed by atoms with van der Waals surface area (Å²) in [7, 11) is 0. The lowest BCUT2D eigenvalue weighted by atomic mass is 9.94. The molecule has 7 heteroatoms. The van der Waals surface area contributed by atoms with Gasteiger partial charge in [-0.25, -0.2) is 4.98 Å². The summed E-state index contributed by atoms with van der Waals surface area (Å²) in [5.74, 6) is 0.519. The highest BCUT2D eigenvalue weighted by molar-refractivity contribution is 5.82. The number of ether oxygens (including phenoxy) is 1. The quantitative estimate of drug-likeness (QED) is 0.774. The number of aromatic nitrogens is 2. The van der Waals surface area contributed by atoms with Gasteiger partial charge >= 0.3 is 0 Å². The van der Waals surface area contributed by atoms with Crippen LogP contribution in [0.5, 0.6) is 0 Å². The molecule has 0 radical (unpaired) electrons. The molecule has 2 aromatic rings. The Kier molecular flexibility index (Phi) is 6.09. The van der Waals surface area contributed by atoms with Gasteiger partial charge in [-0.2, -0.15) is 0 Å². The zero-order chi connectivity index (χ0) is 21.3. The highest BCUT2D eigenvalue weighted by atomic mass is 16.5. The van der Waals surface area contributed by atoms with Crippen LogP contribution in [0.15, 0.2) is 24.4 Å². The summed E-state index contributed by atoms with van der Waals surface area (Å²) < 4.78 is 7.86. The standard InChI is InChI=1S/C23H32N4O3/c1-4-21(28)25-10-6-8-19(14-25)20-11-18-7-5-9-24-23(18)27(20)15-22(29)26-12-16(2)30-17(3)13-26/h5,7,9,11,16-17,19H,4,6,8,10,12-15H2,1-3H3/t16-,17-,19-/m0/s1. The van der Waals surface area contributed by atoms with Crippen molar-refractivity contribution in [2.75, 3.05) is 26.2 Å². The fourth-order valence-corrected chi connectivity index (χ4v) is 4.90. The molecule has 0 saturated carbocycles. The minimum Gasteiger partial charge on any atom is -0.372 e. The van der Waals surface area contributed by atoms with Gasteiger partial charge in [0.25, 0.3) is 0 Å². The molecule has 7 nitrogen and oxygen atoms in total. The minimum atomic E-state index is 0.0451. The van der Waals surface area contributed by atoms with Crippen LogP contribution in [0.4, 0.5) is 0 Å². The largest absolute Gasteiger partial charge is 0.372 e. The smallest absolute Gasteiger partial charge is 0.242 e. The molecule has 0 unspecified atom stereocenters. The van der Waals surface area contributed by atoms with Crippen molar-refractivity contribution >= 4 is 22.8 Å². The van der Waals surface area contributed by atoms with Crippen LogP contribution in [0, 0.1) is 0 Å². The van der Waals surface area contributed by atoms with Gasteiger partial charge in [-0.3, -0.25) is 9.59 Å². The lowest BCUT2D eigenvalue weighted by Crippen LogP contribution is -2.49. The topological polar surface area (TPSA) is 67.7 Å². The van der Waals surface area contributed by atoms with Gasteiger partial charge in [0, 0.05) is 55.8 Å². The second-order valence-corrected chi connectivity index (χ2v) is 8.66. The van der Waals surface area contributed by atoms with Crippen molar-refractivity contribution in [3.63, 3.8) is 0 Å². The van der Waals surface area contributed by atoms with E-state index in [-0.39, 0.29) is 36.5 Å². The molecule has 162 valence electrons. The van der Waals surface area contributed by atoms with Gasteiger partial charge in [-0.1, -0.05) is 6.92 Å². The average Bonchev–Trinajstić information content (AvgIpc) is 3.11. The van der Waals surface area contributed by atoms with Crippen LogP contribution in [0.2, 0.25) is 0 Å². The molecule has 2 aliphatic heterocycles. The summed E-state index contributed by atoms with van der Waals surface area (Å²) in [6.45, 7) is 8.97. The first-order chi connectivity index (χ1) is 14.5. The number of carbonyl (C=O) groups is 2. The van der Waals surface area contributed by atoms with Crippen LogP contribution in [0.25, 0.3) is 11.0 Å². The SMILES string of the molecule is CCC(=O)N1CCC[C@H](c2cc3cccnc3n2CC(=O)N2C[C@H](C)O[C@@H](C)C2)C1. The first-order valence-electron chi connectivity index (χ1n) is 11.1. The van der Waals surface area contributed by atoms with Gasteiger partial charge in [0.15, 0.2) is 0 Å². The van der Waals surface area contributed by atoms with E-state index in [4.69, 9.17) is 4.74 Å². The van der Waals surface area contributed by atoms with Crippen LogP contribution in [0.1, 0.15) is 51.6 Å². The van der Waals surface area contributed by atoms with Gasteiger partial charge in [0.05, 0.1) is 12.2 Å². The second kappa shape index (κ2) is 8.76. The lowest BCUT2D eigenvalue weighted by Gasteiger charge is -2.36. The molecule has 0 aromatic carbocycles. The third kappa shape index (κ3) is 4.21. The average molecular weight is 413 g/mol. The molecule has 2 saturated heterocycles. The number of amides is 2. The number of pyridine rings is 1. The Morgan fingerprint density at radius 3 is 2.63 bits per heavy atom. The monoisotopic (exact) mass is 412 g/mol. The highest BCUT2D eigenvalue weighted by Gasteiger charge is 2.30. The van der Waals surface area contributed by atoms with E-state index >= 15 is 0 Å². The molecule has 2 fully saturated rings. The molecule has 2 aromatic heterocycles. The number of hydrogen-bond acceptors (Lipinski definition) is 4. The predicted octanol–water partition coefficient (Wildman–Crippen LogP) is 2.79. The third-order valence-electron chi connectivity index (χ3n) is 6.25. The molecule has 2 aliphatic rings. The summed E-state index contributed by atoms with van der Waals surface area (Å²) in [4.78, 5) is 34.0. The molecular formula is C23H32N4O3. The normalized spacial score (nSPS) is 25.0. The Bertz CT molecular complexity index is 914. The molecule has 0 aliphatic carbocycles. The van der Waals surface area contributed by atoms with Crippen molar-refractivity contribution < 1.29 is 14.3 Å². The molecule has 0 spiro atoms. The Morgan fingerprint density at radius 2 is 1.90 bits per heavy atom. The number of rotatable bonds is 4. The molecular weight excluding hydrogens is 380 g/mol. The maximum atomic E-state index is 13.2. The van der Waals surface area contributed by atoms with E-state index in [1.54, 1.807) is 6.20 Å². The fraction of sp³-hybridized carbons (Fsp3) is 0.609. The minimum absolute atomic E-state index is 0.0451. The number of piperidine rings is 1. The molecule has 4 rings (SSSR count). The van der Waals surface area contributed by atoms with E-state index in [1.165, 1.54) is 0 Å². The van der Waals surface area contributed by atoms with Crippen molar-refractivity contribution in [3.8, 4) is 0 Å². The Hall–Kier alpha value is -2.41. The van der Waals surface area contributed by atoms with E-state index in [2.05, 4.69) is 15.6 Å². The number of likely N-dealkylation sites (tertiary alicyclic amines) is 1. The van der Waals surface area contributed by atoms with Crippen molar-refractivity contribution in [2.45, 2.75) is 64.7 Å². The summed E-state index contributed by atoms with van der Waals surface area (Å²) in [5.41, 5.74) is 1.95. The number of hydrogen-bond donors (Lipinski definition) is 0. The maximum Gasteiger partial charge on any atom is 0.242 e. The molecule has 30 heavy (non-hydrogen) atoms. The third-order valence-corrected chi connectivity index (χ3v) is 6.25. The van der Waals surface area contributed by atoms with E-state index < -0.39 is 0 Å². The lowest BCUT2D eigenvalue weighted by molar-refractivity contribution is -0.143. The van der Waals surface area contributed by atoms with Crippen LogP contribution in [-0.4, -0.2) is 69.6 Å². The molecule has 0 N–H and O–H groups in total. The Morgan fingerprint density at radius 1 is 1.13 bits per heavy atom. The molecule has 0 bridgehead atoms. The van der Waals surface area contributed by atoms with Crippen LogP contribution < -0.4 is 0 Å². The van der Waals surface area contributed by atoms with Gasteiger partial charge in [-0.05, 0) is 44.9 Å². The second-order valence-electron chi connectivity index (χ2n) is 8.66. The van der Waals surface area contributed by atoms with Gasteiger partial charge in [0.1, 0.15) is 12.2 Å². The van der Waals surface area contributed by atoms with E-state index in [9.17, 15) is 9.59 Å². The number of fused-ring (bicyclic) bond motifs is 1. The van der Waals surface area contributed by atoms with Crippen molar-refractivity contribution in [1.29, 1.82) is 0 Å². The first-order valence-corrected chi connectivity index (χ1v) is 11.1. The van der Waals surface area contributed by atoms with Crippen LogP contribution in [-0.2, 0) is 20.9 Å². The number of carbonyl (C=O) groups excluding carboxylic acids is 2. The first kappa shape index (κ1) is 20.8. The summed E-state index contributed by atoms with van der Waals surface area (Å²) in [6.07, 6.45) is 4.40. The molecule has 3 atom stereocenters. The van der Waals surface area contributed by atoms with E-state index in [1.807, 2.05) is 42.7 Å². The van der Waals surface area contributed by atoms with E-state index in [0.29, 0.717) is 26.1 Å². The van der Waals surface area contributed by atoms with Crippen LogP contribution in [0.3, 0.4) is 0 Å².